The van der Waals surface area contributed by atoms with E-state index in [-0.39, 0.29) is 5.75 Å². The summed E-state index contributed by atoms with van der Waals surface area (Å²) in [5, 5.41) is 4.49. The van der Waals surface area contributed by atoms with E-state index in [9.17, 15) is 9.59 Å². The van der Waals surface area contributed by atoms with Crippen LogP contribution in [0, 0.1) is 0 Å². The first-order chi connectivity index (χ1) is 17.4. The van der Waals surface area contributed by atoms with Gasteiger partial charge in [-0.05, 0) is 87.0 Å². The van der Waals surface area contributed by atoms with Crippen molar-refractivity contribution in [3.63, 3.8) is 0 Å². The summed E-state index contributed by atoms with van der Waals surface area (Å²) in [6.45, 7) is 6.21. The highest BCUT2D eigenvalue weighted by Crippen LogP contribution is 2.29. The van der Waals surface area contributed by atoms with Crippen LogP contribution in [0.15, 0.2) is 71.8 Å². The number of hydrogen-bond donors (Lipinski definition) is 1. The molecule has 3 aromatic carbocycles. The Balaban J connectivity index is 1.62. The Hall–Kier alpha value is -4.04. The summed E-state index contributed by atoms with van der Waals surface area (Å²) in [7, 11) is 0. The van der Waals surface area contributed by atoms with Gasteiger partial charge in [-0.1, -0.05) is 17.7 Å². The van der Waals surface area contributed by atoms with Gasteiger partial charge in [0.2, 0.25) is 0 Å². The molecule has 8 nitrogen and oxygen atoms in total. The average Bonchev–Trinajstić information content (AvgIpc) is 2.86. The van der Waals surface area contributed by atoms with E-state index in [1.54, 1.807) is 73.7 Å². The zero-order valence-electron chi connectivity index (χ0n) is 20.2. The molecule has 36 heavy (non-hydrogen) atoms. The molecule has 0 radical (unpaired) electrons. The lowest BCUT2D eigenvalue weighted by Crippen LogP contribution is -2.33. The Bertz CT molecular complexity index is 1210. The Morgan fingerprint density at radius 1 is 0.944 bits per heavy atom. The van der Waals surface area contributed by atoms with E-state index in [0.29, 0.717) is 46.6 Å². The van der Waals surface area contributed by atoms with Crippen molar-refractivity contribution in [2.75, 3.05) is 13.2 Å². The van der Waals surface area contributed by atoms with Crippen molar-refractivity contribution >= 4 is 29.7 Å². The van der Waals surface area contributed by atoms with E-state index in [1.807, 2.05) is 13.8 Å². The van der Waals surface area contributed by atoms with Crippen molar-refractivity contribution in [1.29, 1.82) is 0 Å². The molecule has 0 spiro atoms. The first-order valence-corrected chi connectivity index (χ1v) is 11.7. The van der Waals surface area contributed by atoms with E-state index < -0.39 is 18.0 Å². The topological polar surface area (TPSA) is 95.5 Å². The van der Waals surface area contributed by atoms with Crippen LogP contribution in [0.5, 0.6) is 23.0 Å². The summed E-state index contributed by atoms with van der Waals surface area (Å²) in [6.07, 6.45) is 0.661. The molecule has 9 heteroatoms. The minimum absolute atomic E-state index is 0.264. The van der Waals surface area contributed by atoms with Crippen molar-refractivity contribution in [3.8, 4) is 23.0 Å². The van der Waals surface area contributed by atoms with Crippen LogP contribution < -0.4 is 24.4 Å². The molecule has 1 N–H and O–H groups in total. The lowest BCUT2D eigenvalue weighted by atomic mass is 10.2. The van der Waals surface area contributed by atoms with Crippen LogP contribution in [0.4, 0.5) is 0 Å². The number of hydrazone groups is 1. The molecule has 0 saturated carbocycles. The minimum Gasteiger partial charge on any atom is -0.494 e. The fourth-order valence-electron chi connectivity index (χ4n) is 3.03. The zero-order chi connectivity index (χ0) is 25.9. The predicted octanol–water partition coefficient (Wildman–Crippen LogP) is 5.27. The second-order valence-electron chi connectivity index (χ2n) is 7.44. The molecule has 0 fully saturated rings. The molecule has 0 aliphatic rings. The maximum absolute atomic E-state index is 12.6. The van der Waals surface area contributed by atoms with Crippen molar-refractivity contribution in [2.24, 2.45) is 5.10 Å². The Morgan fingerprint density at radius 3 is 2.39 bits per heavy atom. The van der Waals surface area contributed by atoms with Gasteiger partial charge in [-0.15, -0.1) is 0 Å². The number of carbonyl (C=O) groups excluding carboxylic acids is 2. The van der Waals surface area contributed by atoms with Crippen molar-refractivity contribution in [2.45, 2.75) is 26.9 Å². The number of hydrogen-bond acceptors (Lipinski definition) is 7. The molecule has 188 valence electrons. The maximum atomic E-state index is 12.6. The van der Waals surface area contributed by atoms with Gasteiger partial charge in [-0.2, -0.15) is 5.10 Å². The Morgan fingerprint density at radius 2 is 1.69 bits per heavy atom. The summed E-state index contributed by atoms with van der Waals surface area (Å²) in [6, 6.07) is 18.4. The molecule has 1 amide bonds. The van der Waals surface area contributed by atoms with Crippen LogP contribution in [0.1, 0.15) is 36.7 Å². The molecule has 0 aliphatic carbocycles. The van der Waals surface area contributed by atoms with Gasteiger partial charge >= 0.3 is 5.97 Å². The first kappa shape index (κ1) is 26.6. The fraction of sp³-hybridized carbons (Fsp3) is 0.222. The largest absolute Gasteiger partial charge is 0.494 e. The molecule has 0 heterocycles. The van der Waals surface area contributed by atoms with Crippen LogP contribution >= 0.6 is 11.6 Å². The van der Waals surface area contributed by atoms with E-state index in [4.69, 9.17) is 30.5 Å². The number of rotatable bonds is 11. The third-order valence-electron chi connectivity index (χ3n) is 4.74. The summed E-state index contributed by atoms with van der Waals surface area (Å²) >= 11 is 5.93. The fourth-order valence-corrected chi connectivity index (χ4v) is 3.21. The third kappa shape index (κ3) is 7.74. The molecular formula is C27H27ClN2O6. The molecule has 0 aliphatic heterocycles. The summed E-state index contributed by atoms with van der Waals surface area (Å²) in [5.41, 5.74) is 3.44. The van der Waals surface area contributed by atoms with Gasteiger partial charge < -0.3 is 18.9 Å². The van der Waals surface area contributed by atoms with Crippen molar-refractivity contribution < 1.29 is 28.5 Å². The number of nitrogens with one attached hydrogen (secondary N) is 1. The molecule has 1 atom stereocenters. The van der Waals surface area contributed by atoms with Gasteiger partial charge in [-0.3, -0.25) is 4.79 Å². The van der Waals surface area contributed by atoms with Gasteiger partial charge in [0.05, 0.1) is 25.0 Å². The van der Waals surface area contributed by atoms with Crippen LogP contribution in [0.3, 0.4) is 0 Å². The van der Waals surface area contributed by atoms with Crippen molar-refractivity contribution in [1.82, 2.24) is 5.43 Å². The van der Waals surface area contributed by atoms with E-state index in [2.05, 4.69) is 10.5 Å². The van der Waals surface area contributed by atoms with Gasteiger partial charge in [0.1, 0.15) is 11.5 Å². The Labute approximate surface area is 214 Å². The SMILES string of the molecule is CCOc1ccc(C(=O)Oc2ccc(/C=N\NC(=O)[C@H](C)Oc3cccc(Cl)c3)cc2OCC)cc1. The quantitative estimate of drug-likeness (QED) is 0.163. The third-order valence-corrected chi connectivity index (χ3v) is 4.97. The van der Waals surface area contributed by atoms with Gasteiger partial charge in [0.15, 0.2) is 17.6 Å². The number of nitrogens with zero attached hydrogens (tertiary/aromatic N) is 1. The lowest BCUT2D eigenvalue weighted by molar-refractivity contribution is -0.127. The summed E-state index contributed by atoms with van der Waals surface area (Å²) in [4.78, 5) is 24.9. The van der Waals surface area contributed by atoms with E-state index in [1.165, 1.54) is 6.21 Å². The number of benzene rings is 3. The second kappa shape index (κ2) is 13.2. The first-order valence-electron chi connectivity index (χ1n) is 11.4. The molecule has 3 aromatic rings. The highest BCUT2D eigenvalue weighted by atomic mass is 35.5. The highest BCUT2D eigenvalue weighted by molar-refractivity contribution is 6.30. The predicted molar refractivity (Wildman–Crippen MR) is 137 cm³/mol. The molecule has 0 saturated heterocycles. The number of amides is 1. The van der Waals surface area contributed by atoms with Crippen LogP contribution in [0.2, 0.25) is 5.02 Å². The van der Waals surface area contributed by atoms with Crippen molar-refractivity contribution in [3.05, 3.63) is 82.9 Å². The maximum Gasteiger partial charge on any atom is 0.343 e. The van der Waals surface area contributed by atoms with Crippen LogP contribution in [0.25, 0.3) is 0 Å². The number of carbonyl (C=O) groups is 2. The second-order valence-corrected chi connectivity index (χ2v) is 7.87. The van der Waals surface area contributed by atoms with Gasteiger partial charge in [0.25, 0.3) is 5.91 Å². The van der Waals surface area contributed by atoms with Crippen LogP contribution in [-0.4, -0.2) is 37.4 Å². The molecule has 3 rings (SSSR count). The Kier molecular flexibility index (Phi) is 9.71. The van der Waals surface area contributed by atoms with E-state index in [0.717, 1.165) is 0 Å². The number of esters is 1. The zero-order valence-corrected chi connectivity index (χ0v) is 21.0. The summed E-state index contributed by atoms with van der Waals surface area (Å²) < 4.78 is 22.1. The monoisotopic (exact) mass is 510 g/mol. The highest BCUT2D eigenvalue weighted by Gasteiger charge is 2.15. The van der Waals surface area contributed by atoms with Gasteiger partial charge in [-0.25, -0.2) is 10.2 Å². The number of halogens is 1. The average molecular weight is 511 g/mol. The lowest BCUT2D eigenvalue weighted by Gasteiger charge is -2.13. The molecule has 0 aromatic heterocycles. The normalized spacial score (nSPS) is 11.6. The van der Waals surface area contributed by atoms with Gasteiger partial charge in [0, 0.05) is 5.02 Å². The summed E-state index contributed by atoms with van der Waals surface area (Å²) in [5.74, 6) is 0.819. The van der Waals surface area contributed by atoms with Crippen LogP contribution in [-0.2, 0) is 4.79 Å². The minimum atomic E-state index is -0.788. The molecule has 0 unspecified atom stereocenters. The molecule has 0 bridgehead atoms. The van der Waals surface area contributed by atoms with E-state index >= 15 is 0 Å². The smallest absolute Gasteiger partial charge is 0.343 e. The standard InChI is InChI=1S/C27H27ClN2O6/c1-4-33-22-12-10-20(11-13-22)27(32)36-24-14-9-19(15-25(24)34-5-2)17-29-30-26(31)18(3)35-23-8-6-7-21(28)16-23/h6-18H,4-5H2,1-3H3,(H,30,31)/b29-17-/t18-/m0/s1. The number of ether oxygens (including phenoxy) is 4. The molecular weight excluding hydrogens is 484 g/mol.